The molecule has 1 aliphatic carbocycles. The van der Waals surface area contributed by atoms with Gasteiger partial charge in [-0.25, -0.2) is 18.8 Å². The van der Waals surface area contributed by atoms with E-state index in [1.807, 2.05) is 12.1 Å². The first-order valence-corrected chi connectivity index (χ1v) is 7.60. The van der Waals surface area contributed by atoms with Crippen molar-refractivity contribution in [1.82, 2.24) is 10.4 Å². The normalized spacial score (nSPS) is 22.0. The average Bonchev–Trinajstić information content (AvgIpc) is 3.31. The SMILES string of the molecule is CN1NC(c2ccc(OC/C(=C/F)CN)cc2F)=NC1C1CC1. The van der Waals surface area contributed by atoms with Gasteiger partial charge in [-0.05, 0) is 30.9 Å². The third-order valence-corrected chi connectivity index (χ3v) is 4.02. The molecule has 1 atom stereocenters. The number of nitrogens with one attached hydrogen (secondary N) is 1. The lowest BCUT2D eigenvalue weighted by Gasteiger charge is -2.17. The Hall–Kier alpha value is -1.99. The van der Waals surface area contributed by atoms with Crippen molar-refractivity contribution in [1.29, 1.82) is 0 Å². The van der Waals surface area contributed by atoms with Gasteiger partial charge in [0.15, 0.2) is 0 Å². The number of hydrogen-bond donors (Lipinski definition) is 2. The van der Waals surface area contributed by atoms with E-state index in [0.29, 0.717) is 35.0 Å². The highest BCUT2D eigenvalue weighted by Crippen LogP contribution is 2.37. The summed E-state index contributed by atoms with van der Waals surface area (Å²) in [5, 5.41) is 1.91. The molecule has 2 aliphatic rings. The predicted molar refractivity (Wildman–Crippen MR) is 84.1 cm³/mol. The maximum absolute atomic E-state index is 14.3. The van der Waals surface area contributed by atoms with Gasteiger partial charge in [0.25, 0.3) is 0 Å². The van der Waals surface area contributed by atoms with Crippen LogP contribution < -0.4 is 15.9 Å². The molecule has 1 aromatic rings. The Balaban J connectivity index is 1.71. The van der Waals surface area contributed by atoms with Gasteiger partial charge in [-0.3, -0.25) is 0 Å². The van der Waals surface area contributed by atoms with Gasteiger partial charge in [-0.15, -0.1) is 0 Å². The number of nitrogens with zero attached hydrogens (tertiary/aromatic N) is 2. The Bertz CT molecular complexity index is 643. The van der Waals surface area contributed by atoms with Crippen molar-refractivity contribution in [2.75, 3.05) is 20.2 Å². The van der Waals surface area contributed by atoms with Crippen LogP contribution in [0.5, 0.6) is 5.75 Å². The monoisotopic (exact) mass is 322 g/mol. The summed E-state index contributed by atoms with van der Waals surface area (Å²) in [6.45, 7) is 0.0597. The molecule has 7 heteroatoms. The summed E-state index contributed by atoms with van der Waals surface area (Å²) in [5.74, 6) is 0.972. The molecule has 0 aromatic heterocycles. The first kappa shape index (κ1) is 15.9. The number of aliphatic imine (C=N–C) groups is 1. The molecular formula is C16H20F2N4O. The third kappa shape index (κ3) is 3.51. The molecular weight excluding hydrogens is 302 g/mol. The molecule has 1 heterocycles. The van der Waals surface area contributed by atoms with E-state index in [4.69, 9.17) is 10.5 Å². The molecule has 1 aromatic carbocycles. The minimum Gasteiger partial charge on any atom is -0.489 e. The first-order chi connectivity index (χ1) is 11.1. The van der Waals surface area contributed by atoms with Crippen LogP contribution in [-0.4, -0.2) is 37.2 Å². The standard InChI is InChI=1S/C16H20F2N4O/c1-22-16(11-2-3-11)20-15(21-22)13-5-4-12(6-14(13)18)23-9-10(7-17)8-19/h4-7,11,16H,2-3,8-9,19H2,1H3,(H,20,21)/b10-7+. The third-order valence-electron chi connectivity index (χ3n) is 4.02. The van der Waals surface area contributed by atoms with Gasteiger partial charge in [-0.2, -0.15) is 0 Å². The molecule has 1 unspecified atom stereocenters. The summed E-state index contributed by atoms with van der Waals surface area (Å²) in [5.41, 5.74) is 9.15. The molecule has 3 N–H and O–H groups in total. The molecule has 1 fully saturated rings. The zero-order chi connectivity index (χ0) is 16.4. The van der Waals surface area contributed by atoms with Gasteiger partial charge in [0, 0.05) is 25.2 Å². The Kier molecular flexibility index (Phi) is 4.58. The van der Waals surface area contributed by atoms with E-state index in [2.05, 4.69) is 10.4 Å². The summed E-state index contributed by atoms with van der Waals surface area (Å²) < 4.78 is 32.1. The van der Waals surface area contributed by atoms with Crippen LogP contribution in [0.25, 0.3) is 0 Å². The van der Waals surface area contributed by atoms with Crippen LogP contribution in [0.1, 0.15) is 18.4 Å². The number of hydrazine groups is 1. The Morgan fingerprint density at radius 3 is 2.91 bits per heavy atom. The molecule has 1 saturated carbocycles. The second-order valence-electron chi connectivity index (χ2n) is 5.85. The van der Waals surface area contributed by atoms with E-state index >= 15 is 0 Å². The minimum atomic E-state index is -0.433. The van der Waals surface area contributed by atoms with Gasteiger partial charge in [-0.1, -0.05) is 0 Å². The van der Waals surface area contributed by atoms with E-state index in [-0.39, 0.29) is 19.3 Å². The van der Waals surface area contributed by atoms with Crippen molar-refractivity contribution in [2.45, 2.75) is 19.0 Å². The maximum atomic E-state index is 14.3. The lowest BCUT2D eigenvalue weighted by atomic mass is 10.2. The van der Waals surface area contributed by atoms with Crippen molar-refractivity contribution in [3.05, 3.63) is 41.5 Å². The smallest absolute Gasteiger partial charge is 0.147 e. The lowest BCUT2D eigenvalue weighted by Crippen LogP contribution is -2.38. The number of ether oxygens (including phenoxy) is 1. The highest BCUT2D eigenvalue weighted by atomic mass is 19.1. The second-order valence-corrected chi connectivity index (χ2v) is 5.85. The molecule has 0 spiro atoms. The summed E-state index contributed by atoms with van der Waals surface area (Å²) in [7, 11) is 1.91. The topological polar surface area (TPSA) is 62.9 Å². The van der Waals surface area contributed by atoms with E-state index < -0.39 is 5.82 Å². The largest absolute Gasteiger partial charge is 0.489 e. The lowest BCUT2D eigenvalue weighted by molar-refractivity contribution is 0.217. The quantitative estimate of drug-likeness (QED) is 0.840. The summed E-state index contributed by atoms with van der Waals surface area (Å²) in [6.07, 6.45) is 2.81. The molecule has 5 nitrogen and oxygen atoms in total. The highest BCUT2D eigenvalue weighted by molar-refractivity contribution is 5.99. The Labute approximate surface area is 133 Å². The average molecular weight is 322 g/mol. The van der Waals surface area contributed by atoms with E-state index in [0.717, 1.165) is 12.8 Å². The molecule has 0 amide bonds. The molecule has 1 aliphatic heterocycles. The summed E-state index contributed by atoms with van der Waals surface area (Å²) >= 11 is 0. The number of halogens is 2. The summed E-state index contributed by atoms with van der Waals surface area (Å²) in [6, 6.07) is 4.52. The predicted octanol–water partition coefficient (Wildman–Crippen LogP) is 1.95. The maximum Gasteiger partial charge on any atom is 0.147 e. The van der Waals surface area contributed by atoms with Crippen LogP contribution >= 0.6 is 0 Å². The molecule has 124 valence electrons. The molecule has 0 saturated heterocycles. The van der Waals surface area contributed by atoms with E-state index in [1.165, 1.54) is 6.07 Å². The van der Waals surface area contributed by atoms with Gasteiger partial charge >= 0.3 is 0 Å². The number of benzene rings is 1. The van der Waals surface area contributed by atoms with Gasteiger partial charge in [0.05, 0.1) is 11.9 Å². The fraction of sp³-hybridized carbons (Fsp3) is 0.438. The fourth-order valence-corrected chi connectivity index (χ4v) is 2.52. The van der Waals surface area contributed by atoms with Crippen LogP contribution in [0.3, 0.4) is 0 Å². The molecule has 23 heavy (non-hydrogen) atoms. The van der Waals surface area contributed by atoms with Gasteiger partial charge in [0.1, 0.15) is 30.2 Å². The minimum absolute atomic E-state index is 0.00251. The van der Waals surface area contributed by atoms with Crippen LogP contribution in [0.2, 0.25) is 0 Å². The molecule has 0 bridgehead atoms. The Morgan fingerprint density at radius 2 is 2.30 bits per heavy atom. The van der Waals surface area contributed by atoms with Crippen LogP contribution in [0, 0.1) is 11.7 Å². The van der Waals surface area contributed by atoms with Crippen molar-refractivity contribution in [2.24, 2.45) is 16.6 Å². The highest BCUT2D eigenvalue weighted by Gasteiger charge is 2.38. The molecule has 0 radical (unpaired) electrons. The Morgan fingerprint density at radius 1 is 1.52 bits per heavy atom. The summed E-state index contributed by atoms with van der Waals surface area (Å²) in [4.78, 5) is 4.57. The molecule has 3 rings (SSSR count). The zero-order valence-corrected chi connectivity index (χ0v) is 12.9. The zero-order valence-electron chi connectivity index (χ0n) is 12.9. The van der Waals surface area contributed by atoms with E-state index in [9.17, 15) is 8.78 Å². The van der Waals surface area contributed by atoms with Crippen molar-refractivity contribution < 1.29 is 13.5 Å². The second kappa shape index (κ2) is 6.64. The van der Waals surface area contributed by atoms with Crippen molar-refractivity contribution in [3.63, 3.8) is 0 Å². The van der Waals surface area contributed by atoms with Crippen molar-refractivity contribution in [3.8, 4) is 5.75 Å². The van der Waals surface area contributed by atoms with Crippen LogP contribution in [0.15, 0.2) is 35.1 Å². The first-order valence-electron chi connectivity index (χ1n) is 7.60. The fourth-order valence-electron chi connectivity index (χ4n) is 2.52. The number of amidine groups is 1. The van der Waals surface area contributed by atoms with Crippen LogP contribution in [-0.2, 0) is 0 Å². The van der Waals surface area contributed by atoms with Crippen LogP contribution in [0.4, 0.5) is 8.78 Å². The van der Waals surface area contributed by atoms with Gasteiger partial charge in [0.2, 0.25) is 0 Å². The van der Waals surface area contributed by atoms with Crippen molar-refractivity contribution >= 4 is 5.84 Å². The number of rotatable bonds is 6. The van der Waals surface area contributed by atoms with Gasteiger partial charge < -0.3 is 15.9 Å². The number of hydrogen-bond acceptors (Lipinski definition) is 5. The van der Waals surface area contributed by atoms with E-state index in [1.54, 1.807) is 12.1 Å². The number of nitrogens with two attached hydrogens (primary N) is 1.